The highest BCUT2D eigenvalue weighted by Gasteiger charge is 2.11. The van der Waals surface area contributed by atoms with Gasteiger partial charge < -0.3 is 4.74 Å². The van der Waals surface area contributed by atoms with E-state index in [1.807, 2.05) is 0 Å². The van der Waals surface area contributed by atoms with Crippen molar-refractivity contribution >= 4 is 18.2 Å². The molecule has 128 valence electrons. The molecule has 1 heterocycles. The molecule has 0 N–H and O–H groups in total. The molecule has 0 aromatic carbocycles. The predicted octanol–water partition coefficient (Wildman–Crippen LogP) is 3.57. The normalized spacial score (nSPS) is 12.3. The molecule has 0 saturated heterocycles. The summed E-state index contributed by atoms with van der Waals surface area (Å²) in [5.74, 6) is -0.277. The van der Waals surface area contributed by atoms with Crippen molar-refractivity contribution in [3.8, 4) is 0 Å². The number of hydrogen-bond donors (Lipinski definition) is 0. The molecule has 2 amide bonds. The highest BCUT2D eigenvalue weighted by Crippen LogP contribution is 2.09. The van der Waals surface area contributed by atoms with Crippen molar-refractivity contribution < 1.29 is 14.3 Å². The predicted molar refractivity (Wildman–Crippen MR) is 90.0 cm³/mol. The van der Waals surface area contributed by atoms with Crippen molar-refractivity contribution in [3.63, 3.8) is 0 Å². The maximum Gasteiger partial charge on any atom is 0.226 e. The van der Waals surface area contributed by atoms with E-state index in [0.29, 0.717) is 6.54 Å². The van der Waals surface area contributed by atoms with E-state index >= 15 is 0 Å². The van der Waals surface area contributed by atoms with E-state index in [1.54, 1.807) is 0 Å². The maximum atomic E-state index is 11.1. The van der Waals surface area contributed by atoms with Crippen LogP contribution in [0.25, 0.3) is 0 Å². The lowest BCUT2D eigenvalue weighted by atomic mass is 10.1. The van der Waals surface area contributed by atoms with Gasteiger partial charge in [0.05, 0.1) is 6.54 Å². The van der Waals surface area contributed by atoms with Crippen molar-refractivity contribution in [1.82, 2.24) is 4.90 Å². The van der Waals surface area contributed by atoms with Crippen LogP contribution in [0.3, 0.4) is 0 Å². The number of rotatable bonds is 9. The molecule has 0 aromatic heterocycles. The standard InChI is InChI=1S/C14H27NO2.C3H5NO/c1-4-5-6-7-8-9-10-11-12-15(13(2)16)14(3)17;1-2-5-3-4-1/h4-12H2,1-3H3;3H,1-2H2. The number of aliphatic imine (C=N–C) groups is 1. The van der Waals surface area contributed by atoms with Gasteiger partial charge in [0.2, 0.25) is 11.8 Å². The molecule has 0 bridgehead atoms. The fourth-order valence-electron chi connectivity index (χ4n) is 2.20. The average Bonchev–Trinajstić information content (AvgIpc) is 3.04. The summed E-state index contributed by atoms with van der Waals surface area (Å²) in [6.07, 6.45) is 11.3. The molecule has 0 aromatic rings. The SMILES string of the molecule is C1=NCCO1.CCCCCCCCCCN(C(C)=O)C(C)=O. The zero-order chi connectivity index (χ0) is 16.6. The van der Waals surface area contributed by atoms with Crippen LogP contribution in [0.2, 0.25) is 0 Å². The molecule has 22 heavy (non-hydrogen) atoms. The molecule has 0 atom stereocenters. The van der Waals surface area contributed by atoms with Crippen LogP contribution >= 0.6 is 0 Å². The first kappa shape index (κ1) is 20.6. The Labute approximate surface area is 135 Å². The quantitative estimate of drug-likeness (QED) is 0.612. The summed E-state index contributed by atoms with van der Waals surface area (Å²) in [5.41, 5.74) is 0. The number of amides is 2. The molecule has 1 aliphatic rings. The Morgan fingerprint density at radius 3 is 1.91 bits per heavy atom. The van der Waals surface area contributed by atoms with Crippen LogP contribution in [-0.4, -0.2) is 42.8 Å². The second-order valence-corrected chi connectivity index (χ2v) is 5.55. The van der Waals surface area contributed by atoms with Gasteiger partial charge in [0.15, 0.2) is 6.40 Å². The van der Waals surface area contributed by atoms with Crippen LogP contribution in [0.1, 0.15) is 72.1 Å². The van der Waals surface area contributed by atoms with Crippen LogP contribution in [0, 0.1) is 0 Å². The second kappa shape index (κ2) is 14.5. The van der Waals surface area contributed by atoms with Crippen molar-refractivity contribution in [2.75, 3.05) is 19.7 Å². The second-order valence-electron chi connectivity index (χ2n) is 5.55. The molecule has 0 saturated carbocycles. The lowest BCUT2D eigenvalue weighted by Crippen LogP contribution is -2.34. The summed E-state index contributed by atoms with van der Waals surface area (Å²) in [7, 11) is 0. The third kappa shape index (κ3) is 12.4. The van der Waals surface area contributed by atoms with Gasteiger partial charge in [-0.2, -0.15) is 0 Å². The molecular formula is C17H32N2O3. The monoisotopic (exact) mass is 312 g/mol. The fraction of sp³-hybridized carbons (Fsp3) is 0.824. The summed E-state index contributed by atoms with van der Waals surface area (Å²) in [6, 6.07) is 0. The Kier molecular flexibility index (Phi) is 13.6. The number of hydrogen-bond acceptors (Lipinski definition) is 4. The molecule has 1 rings (SSSR count). The molecule has 1 aliphatic heterocycles. The highest BCUT2D eigenvalue weighted by atomic mass is 16.5. The van der Waals surface area contributed by atoms with Gasteiger partial charge in [0.1, 0.15) is 6.61 Å². The summed E-state index contributed by atoms with van der Waals surface area (Å²) < 4.78 is 4.65. The van der Waals surface area contributed by atoms with Gasteiger partial charge in [-0.3, -0.25) is 19.5 Å². The third-order valence-corrected chi connectivity index (χ3v) is 3.48. The summed E-state index contributed by atoms with van der Waals surface area (Å²) in [5, 5.41) is 0. The van der Waals surface area contributed by atoms with Crippen LogP contribution in [0.5, 0.6) is 0 Å². The Bertz CT molecular complexity index is 310. The smallest absolute Gasteiger partial charge is 0.226 e. The van der Waals surface area contributed by atoms with Gasteiger partial charge >= 0.3 is 0 Å². The Hall–Kier alpha value is -1.39. The first-order valence-corrected chi connectivity index (χ1v) is 8.48. The number of carbonyl (C=O) groups is 2. The molecule has 0 aliphatic carbocycles. The third-order valence-electron chi connectivity index (χ3n) is 3.48. The minimum absolute atomic E-state index is 0.138. The van der Waals surface area contributed by atoms with Gasteiger partial charge in [-0.25, -0.2) is 0 Å². The molecule has 0 unspecified atom stereocenters. The van der Waals surface area contributed by atoms with Gasteiger partial charge in [0.25, 0.3) is 0 Å². The molecule has 0 fully saturated rings. The van der Waals surface area contributed by atoms with Gasteiger partial charge in [0, 0.05) is 20.4 Å². The van der Waals surface area contributed by atoms with E-state index in [4.69, 9.17) is 0 Å². The van der Waals surface area contributed by atoms with Crippen molar-refractivity contribution in [2.24, 2.45) is 4.99 Å². The molecule has 5 nitrogen and oxygen atoms in total. The van der Waals surface area contributed by atoms with E-state index in [-0.39, 0.29) is 11.8 Å². The minimum atomic E-state index is -0.138. The first-order chi connectivity index (χ1) is 10.6. The fourth-order valence-corrected chi connectivity index (χ4v) is 2.20. The number of imide groups is 1. The summed E-state index contributed by atoms with van der Waals surface area (Å²) in [4.78, 5) is 27.3. The van der Waals surface area contributed by atoms with Crippen LogP contribution in [-0.2, 0) is 14.3 Å². The molecule has 5 heteroatoms. The molecule has 0 radical (unpaired) electrons. The summed E-state index contributed by atoms with van der Waals surface area (Å²) in [6.45, 7) is 7.33. The Balaban J connectivity index is 0.000000734. The van der Waals surface area contributed by atoms with E-state index in [9.17, 15) is 9.59 Å². The van der Waals surface area contributed by atoms with E-state index in [2.05, 4.69) is 16.7 Å². The minimum Gasteiger partial charge on any atom is -0.482 e. The van der Waals surface area contributed by atoms with E-state index in [0.717, 1.165) is 26.0 Å². The van der Waals surface area contributed by atoms with Gasteiger partial charge in [-0.05, 0) is 6.42 Å². The van der Waals surface area contributed by atoms with E-state index < -0.39 is 0 Å². The number of nitrogens with zero attached hydrogens (tertiary/aromatic N) is 2. The van der Waals surface area contributed by atoms with Crippen LogP contribution in [0.4, 0.5) is 0 Å². The van der Waals surface area contributed by atoms with E-state index in [1.165, 1.54) is 63.7 Å². The number of ether oxygens (including phenoxy) is 1. The van der Waals surface area contributed by atoms with Crippen LogP contribution < -0.4 is 0 Å². The molecular weight excluding hydrogens is 280 g/mol. The number of carbonyl (C=O) groups excluding carboxylic acids is 2. The average molecular weight is 312 g/mol. The zero-order valence-electron chi connectivity index (χ0n) is 14.5. The summed E-state index contributed by atoms with van der Waals surface area (Å²) >= 11 is 0. The topological polar surface area (TPSA) is 59.0 Å². The maximum absolute atomic E-state index is 11.1. The molecule has 0 spiro atoms. The Morgan fingerprint density at radius 1 is 1.00 bits per heavy atom. The zero-order valence-corrected chi connectivity index (χ0v) is 14.5. The lowest BCUT2D eigenvalue weighted by molar-refractivity contribution is -0.142. The number of unbranched alkanes of at least 4 members (excludes halogenated alkanes) is 7. The van der Waals surface area contributed by atoms with Crippen molar-refractivity contribution in [1.29, 1.82) is 0 Å². The largest absolute Gasteiger partial charge is 0.482 e. The lowest BCUT2D eigenvalue weighted by Gasteiger charge is -2.16. The van der Waals surface area contributed by atoms with Gasteiger partial charge in [-0.15, -0.1) is 0 Å². The van der Waals surface area contributed by atoms with Gasteiger partial charge in [-0.1, -0.05) is 51.9 Å². The van der Waals surface area contributed by atoms with Crippen molar-refractivity contribution in [3.05, 3.63) is 0 Å². The Morgan fingerprint density at radius 2 is 1.55 bits per heavy atom. The van der Waals surface area contributed by atoms with Crippen molar-refractivity contribution in [2.45, 2.75) is 72.1 Å². The highest BCUT2D eigenvalue weighted by molar-refractivity contribution is 5.92. The first-order valence-electron chi connectivity index (χ1n) is 8.48. The van der Waals surface area contributed by atoms with Crippen LogP contribution in [0.15, 0.2) is 4.99 Å².